The van der Waals surface area contributed by atoms with Gasteiger partial charge in [-0.1, -0.05) is 36.3 Å². The van der Waals surface area contributed by atoms with Gasteiger partial charge in [-0.15, -0.1) is 5.10 Å². The smallest absolute Gasteiger partial charge is 0.237 e. The van der Waals surface area contributed by atoms with E-state index in [0.29, 0.717) is 22.5 Å². The van der Waals surface area contributed by atoms with Crippen LogP contribution in [0.25, 0.3) is 5.69 Å². The van der Waals surface area contributed by atoms with Crippen molar-refractivity contribution >= 4 is 11.8 Å². The normalized spacial score (nSPS) is 11.0. The van der Waals surface area contributed by atoms with E-state index in [1.165, 1.54) is 11.8 Å². The van der Waals surface area contributed by atoms with Crippen LogP contribution in [0.2, 0.25) is 0 Å². The molecule has 0 aliphatic rings. The quantitative estimate of drug-likeness (QED) is 0.566. The van der Waals surface area contributed by atoms with Gasteiger partial charge in [0.15, 0.2) is 5.82 Å². The van der Waals surface area contributed by atoms with Crippen LogP contribution in [-0.2, 0) is 12.2 Å². The van der Waals surface area contributed by atoms with Crippen LogP contribution in [0.1, 0.15) is 37.0 Å². The van der Waals surface area contributed by atoms with Crippen LogP contribution in [0, 0.1) is 6.92 Å². The summed E-state index contributed by atoms with van der Waals surface area (Å²) >= 11 is 1.44. The molecule has 132 valence electrons. The zero-order chi connectivity index (χ0) is 17.6. The van der Waals surface area contributed by atoms with Crippen molar-refractivity contribution in [2.24, 2.45) is 0 Å². The van der Waals surface area contributed by atoms with Gasteiger partial charge in [0.2, 0.25) is 11.0 Å². The van der Waals surface area contributed by atoms with E-state index < -0.39 is 0 Å². The maximum absolute atomic E-state index is 5.42. The number of hydrogen-bond acceptors (Lipinski definition) is 8. The van der Waals surface area contributed by atoms with Crippen LogP contribution in [0.3, 0.4) is 0 Å². The van der Waals surface area contributed by atoms with Crippen LogP contribution < -0.4 is 4.74 Å². The predicted molar refractivity (Wildman–Crippen MR) is 92.9 cm³/mol. The summed E-state index contributed by atoms with van der Waals surface area (Å²) in [5.41, 5.74) is 1.89. The molecule has 2 heterocycles. The van der Waals surface area contributed by atoms with E-state index in [2.05, 4.69) is 32.6 Å². The molecule has 25 heavy (non-hydrogen) atoms. The van der Waals surface area contributed by atoms with Crippen molar-refractivity contribution in [3.8, 4) is 11.4 Å². The van der Waals surface area contributed by atoms with Gasteiger partial charge in [-0.05, 0) is 41.5 Å². The molecule has 3 rings (SSSR count). The van der Waals surface area contributed by atoms with Gasteiger partial charge in [-0.3, -0.25) is 0 Å². The van der Waals surface area contributed by atoms with E-state index in [0.717, 1.165) is 36.3 Å². The first-order valence-electron chi connectivity index (χ1n) is 8.09. The van der Waals surface area contributed by atoms with Crippen LogP contribution in [0.5, 0.6) is 5.75 Å². The number of aryl methyl sites for hydroxylation is 2. The van der Waals surface area contributed by atoms with Crippen molar-refractivity contribution in [3.63, 3.8) is 0 Å². The number of aromatic nitrogens is 6. The first-order chi connectivity index (χ1) is 12.2. The lowest BCUT2D eigenvalue weighted by Crippen LogP contribution is -2.02. The molecule has 3 aromatic rings. The third kappa shape index (κ3) is 4.16. The Morgan fingerprint density at radius 1 is 1.32 bits per heavy atom. The third-order valence-electron chi connectivity index (χ3n) is 3.59. The topological polar surface area (TPSA) is 91.8 Å². The molecule has 0 atom stereocenters. The Kier molecular flexibility index (Phi) is 5.64. The Balaban J connectivity index is 1.74. The van der Waals surface area contributed by atoms with Crippen molar-refractivity contribution in [2.45, 2.75) is 44.0 Å². The van der Waals surface area contributed by atoms with Crippen LogP contribution in [0.4, 0.5) is 0 Å². The molecule has 0 aliphatic heterocycles. The zero-order valence-electron chi connectivity index (χ0n) is 14.5. The minimum Gasteiger partial charge on any atom is -0.494 e. The van der Waals surface area contributed by atoms with Gasteiger partial charge in [0, 0.05) is 6.42 Å². The molecule has 2 aromatic heterocycles. The van der Waals surface area contributed by atoms with Crippen LogP contribution >= 0.6 is 11.8 Å². The Labute approximate surface area is 150 Å². The highest BCUT2D eigenvalue weighted by Gasteiger charge is 2.15. The number of benzene rings is 1. The molecule has 0 spiro atoms. The number of rotatable bonds is 8. The average Bonchev–Trinajstić information content (AvgIpc) is 3.27. The van der Waals surface area contributed by atoms with Gasteiger partial charge in [0.05, 0.1) is 12.9 Å². The molecular weight excluding hydrogens is 340 g/mol. The van der Waals surface area contributed by atoms with Gasteiger partial charge >= 0.3 is 0 Å². The number of thioether (sulfide) groups is 1. The van der Waals surface area contributed by atoms with Crippen LogP contribution in [-0.4, -0.2) is 37.5 Å². The van der Waals surface area contributed by atoms with E-state index >= 15 is 0 Å². The average molecular weight is 360 g/mol. The van der Waals surface area contributed by atoms with Gasteiger partial charge in [-0.25, -0.2) is 0 Å². The molecule has 9 heteroatoms. The van der Waals surface area contributed by atoms with Crippen LogP contribution in [0.15, 0.2) is 27.9 Å². The first kappa shape index (κ1) is 17.4. The van der Waals surface area contributed by atoms with Crippen molar-refractivity contribution in [1.82, 2.24) is 30.3 Å². The summed E-state index contributed by atoms with van der Waals surface area (Å²) in [6.07, 6.45) is 2.99. The molecule has 8 nitrogen and oxygen atoms in total. The van der Waals surface area contributed by atoms with E-state index in [1.54, 1.807) is 11.8 Å². The number of nitrogens with zero attached hydrogens (tertiary/aromatic N) is 6. The first-order valence-corrected chi connectivity index (χ1v) is 9.07. The molecule has 0 bridgehead atoms. The van der Waals surface area contributed by atoms with Gasteiger partial charge in [0.1, 0.15) is 11.4 Å². The Morgan fingerprint density at radius 2 is 2.20 bits per heavy atom. The zero-order valence-corrected chi connectivity index (χ0v) is 15.3. The summed E-state index contributed by atoms with van der Waals surface area (Å²) in [5, 5.41) is 16.6. The summed E-state index contributed by atoms with van der Waals surface area (Å²) in [6, 6.07) is 5.86. The van der Waals surface area contributed by atoms with E-state index in [9.17, 15) is 0 Å². The molecule has 0 radical (unpaired) electrons. The number of ether oxygens (including phenoxy) is 1. The molecule has 1 aromatic carbocycles. The van der Waals surface area contributed by atoms with E-state index in [1.807, 2.05) is 25.1 Å². The second kappa shape index (κ2) is 8.11. The number of unbranched alkanes of at least 4 members (excludes halogenated alkanes) is 1. The number of hydrogen-bond donors (Lipinski definition) is 0. The largest absolute Gasteiger partial charge is 0.494 e. The minimum absolute atomic E-state index is 0.508. The molecule has 0 amide bonds. The van der Waals surface area contributed by atoms with Gasteiger partial charge in [-0.2, -0.15) is 9.67 Å². The van der Waals surface area contributed by atoms with E-state index in [-0.39, 0.29) is 0 Å². The summed E-state index contributed by atoms with van der Waals surface area (Å²) in [4.78, 5) is 4.40. The van der Waals surface area contributed by atoms with Crippen molar-refractivity contribution in [1.29, 1.82) is 0 Å². The van der Waals surface area contributed by atoms with Crippen molar-refractivity contribution in [2.75, 3.05) is 7.11 Å². The molecule has 0 fully saturated rings. The second-order valence-corrected chi connectivity index (χ2v) is 6.49. The van der Waals surface area contributed by atoms with Gasteiger partial charge in [0.25, 0.3) is 0 Å². The third-order valence-corrected chi connectivity index (χ3v) is 4.50. The molecule has 0 unspecified atom stereocenters. The van der Waals surface area contributed by atoms with Crippen molar-refractivity contribution in [3.05, 3.63) is 35.5 Å². The summed E-state index contributed by atoms with van der Waals surface area (Å²) in [6.45, 7) is 4.15. The number of tetrazole rings is 1. The maximum atomic E-state index is 5.42. The summed E-state index contributed by atoms with van der Waals surface area (Å²) in [7, 11) is 1.63. The highest BCUT2D eigenvalue weighted by Crippen LogP contribution is 2.28. The molecule has 0 saturated carbocycles. The minimum atomic E-state index is 0.508. The van der Waals surface area contributed by atoms with E-state index in [4.69, 9.17) is 9.26 Å². The lowest BCUT2D eigenvalue weighted by molar-refractivity contribution is 0.384. The standard InChI is InChI=1S/C16H20N6O2S/c1-4-5-6-14-17-15(24-19-14)10-25-16-18-20-21-22(16)12-9-11(2)7-8-13(12)23-3/h7-9H,4-6,10H2,1-3H3. The predicted octanol–water partition coefficient (Wildman–Crippen LogP) is 3.00. The van der Waals surface area contributed by atoms with Gasteiger partial charge < -0.3 is 9.26 Å². The highest BCUT2D eigenvalue weighted by atomic mass is 32.2. The highest BCUT2D eigenvalue weighted by molar-refractivity contribution is 7.98. The summed E-state index contributed by atoms with van der Waals surface area (Å²) in [5.74, 6) is 2.53. The fraction of sp³-hybridized carbons (Fsp3) is 0.438. The second-order valence-electron chi connectivity index (χ2n) is 5.55. The summed E-state index contributed by atoms with van der Waals surface area (Å²) < 4.78 is 12.4. The van der Waals surface area contributed by atoms with Crippen molar-refractivity contribution < 1.29 is 9.26 Å². The lowest BCUT2D eigenvalue weighted by atomic mass is 10.2. The molecule has 0 aliphatic carbocycles. The molecular formula is C16H20N6O2S. The monoisotopic (exact) mass is 360 g/mol. The maximum Gasteiger partial charge on any atom is 0.237 e. The number of methoxy groups -OCH3 is 1. The Morgan fingerprint density at radius 3 is 3.00 bits per heavy atom. The molecule has 0 saturated heterocycles. The SMILES string of the molecule is CCCCc1noc(CSc2nnnn2-c2cc(C)ccc2OC)n1. The molecule has 0 N–H and O–H groups in total. The fourth-order valence-electron chi connectivity index (χ4n) is 2.30. The fourth-order valence-corrected chi connectivity index (χ4v) is 3.02. The Hall–Kier alpha value is -2.42. The lowest BCUT2D eigenvalue weighted by Gasteiger charge is -2.09. The Bertz CT molecular complexity index is 832.